The van der Waals surface area contributed by atoms with Crippen molar-refractivity contribution in [3.63, 3.8) is 0 Å². The van der Waals surface area contributed by atoms with Gasteiger partial charge in [-0.2, -0.15) is 5.10 Å². The molecule has 1 aliphatic rings. The number of carbonyl (C=O) groups excluding carboxylic acids is 1. The minimum Gasteiger partial charge on any atom is -0.339 e. The summed E-state index contributed by atoms with van der Waals surface area (Å²) in [5.74, 6) is -0.0891. The van der Waals surface area contributed by atoms with E-state index in [-0.39, 0.29) is 17.6 Å². The molecule has 0 atom stereocenters. The predicted octanol–water partition coefficient (Wildman–Crippen LogP) is 1.95. The highest BCUT2D eigenvalue weighted by Crippen LogP contribution is 2.23. The van der Waals surface area contributed by atoms with Crippen LogP contribution in [0, 0.1) is 24.0 Å². The van der Waals surface area contributed by atoms with Crippen LogP contribution in [0.1, 0.15) is 40.2 Å². The molecule has 3 rings (SSSR count). The topological polar surface area (TPSA) is 119 Å². The van der Waals surface area contributed by atoms with Crippen LogP contribution in [0.15, 0.2) is 24.3 Å². The van der Waals surface area contributed by atoms with Gasteiger partial charge in [0.25, 0.3) is 5.91 Å². The lowest BCUT2D eigenvalue weighted by Crippen LogP contribution is -2.47. The molecule has 1 amide bonds. The Morgan fingerprint density at radius 2 is 1.81 bits per heavy atom. The lowest BCUT2D eigenvalue weighted by Gasteiger charge is -2.35. The number of carbonyl (C=O) groups is 1. The maximum atomic E-state index is 12.8. The van der Waals surface area contributed by atoms with Gasteiger partial charge in [-0.1, -0.05) is 12.1 Å². The van der Waals surface area contributed by atoms with Crippen molar-refractivity contribution in [3.05, 3.63) is 56.9 Å². The average molecular weight is 450 g/mol. The molecule has 0 unspecified atom stereocenters. The molecule has 0 N–H and O–H groups in total. The fraction of sp³-hybridized carbons (Fsp3) is 0.500. The van der Waals surface area contributed by atoms with Gasteiger partial charge in [-0.05, 0) is 44.4 Å². The second-order valence-corrected chi connectivity index (χ2v) is 9.98. The molecule has 0 aliphatic carbocycles. The summed E-state index contributed by atoms with van der Waals surface area (Å²) in [7, 11) is -1.67. The normalized spacial score (nSPS) is 15.5. The van der Waals surface area contributed by atoms with Gasteiger partial charge in [-0.15, -0.1) is 0 Å². The average Bonchev–Trinajstić information content (AvgIpc) is 3.00. The van der Waals surface area contributed by atoms with E-state index in [9.17, 15) is 23.3 Å². The SMILES string of the molecule is Cc1nn(Cc2ccc(C(=O)N3CCC(N(C)S(C)(=O)=O)CC3)cc2)c(C)c1[N+](=O)[O-]. The highest BCUT2D eigenvalue weighted by atomic mass is 32.2. The quantitative estimate of drug-likeness (QED) is 0.491. The number of amides is 1. The fourth-order valence-corrected chi connectivity index (χ4v) is 4.67. The van der Waals surface area contributed by atoms with Crippen molar-refractivity contribution in [1.29, 1.82) is 0 Å². The van der Waals surface area contributed by atoms with E-state index in [4.69, 9.17) is 0 Å². The van der Waals surface area contributed by atoms with Crippen LogP contribution in [0.2, 0.25) is 0 Å². The van der Waals surface area contributed by atoms with Crippen molar-refractivity contribution in [3.8, 4) is 0 Å². The maximum Gasteiger partial charge on any atom is 0.312 e. The monoisotopic (exact) mass is 449 g/mol. The van der Waals surface area contributed by atoms with Gasteiger partial charge in [-0.25, -0.2) is 12.7 Å². The van der Waals surface area contributed by atoms with Crippen LogP contribution in [0.3, 0.4) is 0 Å². The van der Waals surface area contributed by atoms with Crippen molar-refractivity contribution in [2.45, 2.75) is 39.3 Å². The first-order valence-electron chi connectivity index (χ1n) is 9.98. The molecule has 1 aromatic heterocycles. The van der Waals surface area contributed by atoms with Gasteiger partial charge >= 0.3 is 5.69 Å². The number of nitro groups is 1. The Bertz CT molecular complexity index is 1090. The third-order valence-corrected chi connectivity index (χ3v) is 7.19. The second kappa shape index (κ2) is 8.75. The van der Waals surface area contributed by atoms with E-state index < -0.39 is 14.9 Å². The number of benzene rings is 1. The highest BCUT2D eigenvalue weighted by molar-refractivity contribution is 7.88. The number of sulfonamides is 1. The van der Waals surface area contributed by atoms with Gasteiger partial charge in [0.15, 0.2) is 0 Å². The number of aryl methyl sites for hydroxylation is 1. The summed E-state index contributed by atoms with van der Waals surface area (Å²) in [6.07, 6.45) is 2.39. The van der Waals surface area contributed by atoms with Gasteiger partial charge in [-0.3, -0.25) is 19.6 Å². The van der Waals surface area contributed by atoms with Crippen LogP contribution >= 0.6 is 0 Å². The summed E-state index contributed by atoms with van der Waals surface area (Å²) in [6.45, 7) is 4.65. The van der Waals surface area contributed by atoms with Gasteiger partial charge in [0, 0.05) is 31.7 Å². The summed E-state index contributed by atoms with van der Waals surface area (Å²) in [4.78, 5) is 25.3. The largest absolute Gasteiger partial charge is 0.339 e. The Kier molecular flexibility index (Phi) is 6.46. The summed E-state index contributed by atoms with van der Waals surface area (Å²) < 4.78 is 26.4. The zero-order valence-corrected chi connectivity index (χ0v) is 18.9. The molecular formula is C20H27N5O5S. The standard InChI is InChI=1S/C20H27N5O5S/c1-14-19(25(27)28)15(2)24(21-14)13-16-5-7-17(8-6-16)20(26)23-11-9-18(10-12-23)22(3)31(4,29)30/h5-8,18H,9-13H2,1-4H3. The number of rotatable bonds is 6. The van der Waals surface area contributed by atoms with E-state index in [1.807, 2.05) is 12.1 Å². The van der Waals surface area contributed by atoms with Crippen LogP contribution in [-0.2, 0) is 16.6 Å². The first kappa shape index (κ1) is 22.9. The molecular weight excluding hydrogens is 422 g/mol. The Labute approximate surface area is 181 Å². The molecule has 31 heavy (non-hydrogen) atoms. The summed E-state index contributed by atoms with van der Waals surface area (Å²) in [5.41, 5.74) is 2.32. The number of piperidine rings is 1. The van der Waals surface area contributed by atoms with E-state index in [1.165, 1.54) is 10.6 Å². The van der Waals surface area contributed by atoms with E-state index >= 15 is 0 Å². The predicted molar refractivity (Wildman–Crippen MR) is 115 cm³/mol. The van der Waals surface area contributed by atoms with Gasteiger partial charge < -0.3 is 4.90 Å². The maximum absolute atomic E-state index is 12.8. The molecule has 0 bridgehead atoms. The van der Waals surface area contributed by atoms with Crippen LogP contribution in [0.5, 0.6) is 0 Å². The molecule has 11 heteroatoms. The molecule has 1 aromatic carbocycles. The third-order valence-electron chi connectivity index (χ3n) is 5.85. The molecule has 2 aromatic rings. The molecule has 1 aliphatic heterocycles. The first-order chi connectivity index (χ1) is 14.5. The van der Waals surface area contributed by atoms with Crippen molar-refractivity contribution in [1.82, 2.24) is 19.0 Å². The Morgan fingerprint density at radius 3 is 2.29 bits per heavy atom. The molecule has 1 fully saturated rings. The Balaban J connectivity index is 1.64. The van der Waals surface area contributed by atoms with Crippen LogP contribution in [0.25, 0.3) is 0 Å². The van der Waals surface area contributed by atoms with Gasteiger partial charge in [0.2, 0.25) is 10.0 Å². The van der Waals surface area contributed by atoms with E-state index in [2.05, 4.69) is 5.10 Å². The lowest BCUT2D eigenvalue weighted by atomic mass is 10.0. The zero-order chi connectivity index (χ0) is 22.9. The number of hydrogen-bond donors (Lipinski definition) is 0. The number of aromatic nitrogens is 2. The van der Waals surface area contributed by atoms with E-state index in [0.717, 1.165) is 5.56 Å². The van der Waals surface area contributed by atoms with Crippen LogP contribution < -0.4 is 0 Å². The van der Waals surface area contributed by atoms with Gasteiger partial charge in [0.1, 0.15) is 11.4 Å². The Hall–Kier alpha value is -2.79. The minimum atomic E-state index is -3.25. The van der Waals surface area contributed by atoms with Crippen molar-refractivity contribution in [2.75, 3.05) is 26.4 Å². The zero-order valence-electron chi connectivity index (χ0n) is 18.1. The van der Waals surface area contributed by atoms with Crippen molar-refractivity contribution >= 4 is 21.6 Å². The number of likely N-dealkylation sites (tertiary alicyclic amines) is 1. The van der Waals surface area contributed by atoms with E-state index in [0.29, 0.717) is 49.4 Å². The Morgan fingerprint density at radius 1 is 1.23 bits per heavy atom. The molecule has 0 saturated carbocycles. The molecule has 1 saturated heterocycles. The fourth-order valence-electron chi connectivity index (χ4n) is 3.92. The lowest BCUT2D eigenvalue weighted by molar-refractivity contribution is -0.386. The van der Waals surface area contributed by atoms with Crippen molar-refractivity contribution in [2.24, 2.45) is 0 Å². The molecule has 0 radical (unpaired) electrons. The molecule has 2 heterocycles. The van der Waals surface area contributed by atoms with Crippen molar-refractivity contribution < 1.29 is 18.1 Å². The molecule has 168 valence electrons. The first-order valence-corrected chi connectivity index (χ1v) is 11.8. The summed E-state index contributed by atoms with van der Waals surface area (Å²) in [6, 6.07) is 7.03. The third kappa shape index (κ3) is 4.93. The summed E-state index contributed by atoms with van der Waals surface area (Å²) in [5, 5.41) is 15.4. The van der Waals surface area contributed by atoms with Crippen LogP contribution in [-0.4, -0.2) is 70.7 Å². The van der Waals surface area contributed by atoms with E-state index in [1.54, 1.807) is 42.6 Å². The summed E-state index contributed by atoms with van der Waals surface area (Å²) >= 11 is 0. The molecule has 0 spiro atoms. The number of nitrogens with zero attached hydrogens (tertiary/aromatic N) is 5. The smallest absolute Gasteiger partial charge is 0.312 e. The second-order valence-electron chi connectivity index (χ2n) is 7.93. The van der Waals surface area contributed by atoms with Gasteiger partial charge in [0.05, 0.1) is 17.7 Å². The minimum absolute atomic E-state index is 0.0247. The highest BCUT2D eigenvalue weighted by Gasteiger charge is 2.29. The number of hydrogen-bond acceptors (Lipinski definition) is 6. The van der Waals surface area contributed by atoms with Crippen LogP contribution in [0.4, 0.5) is 5.69 Å². The molecule has 10 nitrogen and oxygen atoms in total.